The van der Waals surface area contributed by atoms with Crippen molar-refractivity contribution in [2.24, 2.45) is 0 Å². The van der Waals surface area contributed by atoms with Crippen molar-refractivity contribution in [3.8, 4) is 0 Å². The first-order chi connectivity index (χ1) is 9.90. The fraction of sp³-hybridized carbons (Fsp3) is 0.933. The van der Waals surface area contributed by atoms with Crippen LogP contribution in [0, 0.1) is 0 Å². The Balaban J connectivity index is 2.12. The van der Waals surface area contributed by atoms with Gasteiger partial charge >= 0.3 is 5.97 Å². The van der Waals surface area contributed by atoms with E-state index in [9.17, 15) is 15.0 Å². The van der Waals surface area contributed by atoms with Gasteiger partial charge in [0.1, 0.15) is 6.10 Å². The largest absolute Gasteiger partial charge is 0.481 e. The second kappa shape index (κ2) is 9.35. The number of rotatable bonds is 9. The minimum absolute atomic E-state index is 0.0356. The first-order valence-electron chi connectivity index (χ1n) is 7.79. The molecule has 1 aliphatic heterocycles. The summed E-state index contributed by atoms with van der Waals surface area (Å²) in [6, 6.07) is 0. The van der Waals surface area contributed by atoms with Crippen LogP contribution in [0.1, 0.15) is 58.8 Å². The lowest BCUT2D eigenvalue weighted by atomic mass is 10.0. The van der Waals surface area contributed by atoms with Crippen molar-refractivity contribution in [1.29, 1.82) is 0 Å². The number of carboxylic acid groups (broad SMARTS) is 1. The van der Waals surface area contributed by atoms with Gasteiger partial charge in [0.15, 0.2) is 6.29 Å². The SMILES string of the molecule is CC1O[C@@H](O[C@H](C)CCCCCCC(=O)O)[C@H](O)C[C@H]1O. The molecule has 5 atom stereocenters. The highest BCUT2D eigenvalue weighted by Crippen LogP contribution is 2.23. The van der Waals surface area contributed by atoms with Crippen molar-refractivity contribution in [3.05, 3.63) is 0 Å². The van der Waals surface area contributed by atoms with Crippen LogP contribution < -0.4 is 0 Å². The predicted octanol–water partition coefficient (Wildman–Crippen LogP) is 1.67. The average molecular weight is 304 g/mol. The van der Waals surface area contributed by atoms with Crippen molar-refractivity contribution < 1.29 is 29.6 Å². The monoisotopic (exact) mass is 304 g/mol. The molecule has 0 aromatic rings. The van der Waals surface area contributed by atoms with Crippen LogP contribution in [-0.2, 0) is 14.3 Å². The highest BCUT2D eigenvalue weighted by atomic mass is 16.7. The van der Waals surface area contributed by atoms with Gasteiger partial charge < -0.3 is 24.8 Å². The number of carboxylic acids is 1. The summed E-state index contributed by atoms with van der Waals surface area (Å²) in [6.45, 7) is 3.70. The molecule has 0 aromatic heterocycles. The molecule has 1 unspecified atom stereocenters. The highest BCUT2D eigenvalue weighted by molar-refractivity contribution is 5.66. The number of hydrogen-bond donors (Lipinski definition) is 3. The molecule has 1 heterocycles. The summed E-state index contributed by atoms with van der Waals surface area (Å²) in [7, 11) is 0. The van der Waals surface area contributed by atoms with Crippen molar-refractivity contribution in [3.63, 3.8) is 0 Å². The summed E-state index contributed by atoms with van der Waals surface area (Å²) in [5.74, 6) is -0.744. The van der Waals surface area contributed by atoms with E-state index < -0.39 is 24.5 Å². The topological polar surface area (TPSA) is 96.2 Å². The number of aliphatic hydroxyl groups excluding tert-OH is 2. The van der Waals surface area contributed by atoms with Crippen molar-refractivity contribution in [2.75, 3.05) is 0 Å². The molecule has 0 aliphatic carbocycles. The molecular formula is C15H28O6. The van der Waals surface area contributed by atoms with Crippen LogP contribution in [-0.4, -0.2) is 52.0 Å². The number of aliphatic hydroxyl groups is 2. The van der Waals surface area contributed by atoms with Gasteiger partial charge in [-0.05, 0) is 26.7 Å². The fourth-order valence-corrected chi connectivity index (χ4v) is 2.42. The summed E-state index contributed by atoms with van der Waals surface area (Å²) in [5.41, 5.74) is 0. The molecule has 1 aliphatic rings. The minimum atomic E-state index is -0.797. The zero-order chi connectivity index (χ0) is 15.8. The Morgan fingerprint density at radius 1 is 1.24 bits per heavy atom. The van der Waals surface area contributed by atoms with Gasteiger partial charge in [0.05, 0.1) is 18.3 Å². The molecule has 6 heteroatoms. The standard InChI is InChI=1S/C15H28O6/c1-10(7-5-3-4-6-8-14(18)19)20-15-13(17)9-12(16)11(2)21-15/h10-13,15-17H,3-9H2,1-2H3,(H,18,19)/t10-,11?,12-,13-,15-/m1/s1. The quantitative estimate of drug-likeness (QED) is 0.561. The van der Waals surface area contributed by atoms with Crippen LogP contribution in [0.4, 0.5) is 0 Å². The maximum Gasteiger partial charge on any atom is 0.303 e. The van der Waals surface area contributed by atoms with Gasteiger partial charge in [-0.15, -0.1) is 0 Å². The number of carbonyl (C=O) groups is 1. The number of ether oxygens (including phenoxy) is 2. The van der Waals surface area contributed by atoms with E-state index in [0.29, 0.717) is 6.42 Å². The normalized spacial score (nSPS) is 31.0. The highest BCUT2D eigenvalue weighted by Gasteiger charge is 2.35. The maximum atomic E-state index is 10.4. The molecule has 0 spiro atoms. The molecule has 0 amide bonds. The van der Waals surface area contributed by atoms with Crippen LogP contribution in [0.2, 0.25) is 0 Å². The van der Waals surface area contributed by atoms with Gasteiger partial charge in [-0.3, -0.25) is 4.79 Å². The van der Waals surface area contributed by atoms with E-state index in [0.717, 1.165) is 25.7 Å². The van der Waals surface area contributed by atoms with E-state index in [1.165, 1.54) is 0 Å². The van der Waals surface area contributed by atoms with Crippen LogP contribution in [0.3, 0.4) is 0 Å². The summed E-state index contributed by atoms with van der Waals surface area (Å²) in [5, 5.41) is 27.9. The van der Waals surface area contributed by atoms with Crippen molar-refractivity contribution in [2.45, 2.75) is 89.5 Å². The first kappa shape index (κ1) is 18.4. The van der Waals surface area contributed by atoms with Crippen LogP contribution in [0.25, 0.3) is 0 Å². The van der Waals surface area contributed by atoms with Gasteiger partial charge in [0.25, 0.3) is 0 Å². The summed E-state index contributed by atoms with van der Waals surface area (Å²) in [4.78, 5) is 10.4. The molecule has 1 fully saturated rings. The minimum Gasteiger partial charge on any atom is -0.481 e. The molecule has 0 bridgehead atoms. The second-order valence-corrected chi connectivity index (χ2v) is 5.87. The molecule has 0 radical (unpaired) electrons. The Morgan fingerprint density at radius 2 is 1.90 bits per heavy atom. The zero-order valence-electron chi connectivity index (χ0n) is 12.9. The smallest absolute Gasteiger partial charge is 0.303 e. The van der Waals surface area contributed by atoms with Gasteiger partial charge in [0.2, 0.25) is 0 Å². The molecule has 1 rings (SSSR count). The van der Waals surface area contributed by atoms with Gasteiger partial charge in [-0.2, -0.15) is 0 Å². The summed E-state index contributed by atoms with van der Waals surface area (Å²) < 4.78 is 11.2. The molecule has 1 saturated heterocycles. The van der Waals surface area contributed by atoms with E-state index >= 15 is 0 Å². The lowest BCUT2D eigenvalue weighted by Gasteiger charge is -2.36. The number of aliphatic carboxylic acids is 1. The molecule has 3 N–H and O–H groups in total. The van der Waals surface area contributed by atoms with Crippen molar-refractivity contribution in [1.82, 2.24) is 0 Å². The van der Waals surface area contributed by atoms with Gasteiger partial charge in [-0.25, -0.2) is 0 Å². The third kappa shape index (κ3) is 7.22. The number of hydrogen-bond acceptors (Lipinski definition) is 5. The maximum absolute atomic E-state index is 10.4. The Hall–Kier alpha value is -0.690. The average Bonchev–Trinajstić information content (AvgIpc) is 2.39. The Morgan fingerprint density at radius 3 is 2.57 bits per heavy atom. The Kier molecular flexibility index (Phi) is 8.18. The van der Waals surface area contributed by atoms with Crippen LogP contribution >= 0.6 is 0 Å². The molecular weight excluding hydrogens is 276 g/mol. The van der Waals surface area contributed by atoms with Gasteiger partial charge in [0, 0.05) is 12.8 Å². The van der Waals surface area contributed by atoms with Crippen molar-refractivity contribution >= 4 is 5.97 Å². The lowest BCUT2D eigenvalue weighted by molar-refractivity contribution is -0.273. The second-order valence-electron chi connectivity index (χ2n) is 5.87. The summed E-state index contributed by atoms with van der Waals surface area (Å²) in [6.07, 6.45) is 2.41. The van der Waals surface area contributed by atoms with Crippen LogP contribution in [0.5, 0.6) is 0 Å². The Labute approximate surface area is 126 Å². The fourth-order valence-electron chi connectivity index (χ4n) is 2.42. The van der Waals surface area contributed by atoms with E-state index in [4.69, 9.17) is 14.6 Å². The zero-order valence-corrected chi connectivity index (χ0v) is 12.9. The van der Waals surface area contributed by atoms with E-state index in [-0.39, 0.29) is 25.0 Å². The van der Waals surface area contributed by atoms with E-state index in [2.05, 4.69) is 0 Å². The molecule has 21 heavy (non-hydrogen) atoms. The molecule has 0 saturated carbocycles. The third-order valence-corrected chi connectivity index (χ3v) is 3.81. The predicted molar refractivity (Wildman–Crippen MR) is 76.9 cm³/mol. The lowest BCUT2D eigenvalue weighted by Crippen LogP contribution is -2.48. The summed E-state index contributed by atoms with van der Waals surface area (Å²) >= 11 is 0. The number of unbranched alkanes of at least 4 members (excludes halogenated alkanes) is 3. The molecule has 0 aromatic carbocycles. The molecule has 6 nitrogen and oxygen atoms in total. The molecule has 124 valence electrons. The first-order valence-corrected chi connectivity index (χ1v) is 7.79. The van der Waals surface area contributed by atoms with Gasteiger partial charge in [-0.1, -0.05) is 19.3 Å². The van der Waals surface area contributed by atoms with E-state index in [1.807, 2.05) is 6.92 Å². The Bertz CT molecular complexity index is 309. The third-order valence-electron chi connectivity index (χ3n) is 3.81. The van der Waals surface area contributed by atoms with E-state index in [1.54, 1.807) is 6.92 Å². The van der Waals surface area contributed by atoms with Crippen LogP contribution in [0.15, 0.2) is 0 Å².